The average molecular weight is 310 g/mol. The number of nitrogens with zero attached hydrogens (tertiary/aromatic N) is 1. The van der Waals surface area contributed by atoms with Gasteiger partial charge in [-0.3, -0.25) is 4.79 Å². The summed E-state index contributed by atoms with van der Waals surface area (Å²) in [6.07, 6.45) is 0. The topological polar surface area (TPSA) is 64.4 Å². The summed E-state index contributed by atoms with van der Waals surface area (Å²) in [5.41, 5.74) is 1.08. The summed E-state index contributed by atoms with van der Waals surface area (Å²) in [6.45, 7) is 3.63. The molecule has 118 valence electrons. The number of carbonyl (C=O) groups excluding carboxylic acids is 1. The molecule has 23 heavy (non-hydrogen) atoms. The second-order valence-electron chi connectivity index (χ2n) is 5.42. The highest BCUT2D eigenvalue weighted by atomic mass is 16.5. The van der Waals surface area contributed by atoms with Gasteiger partial charge in [0.15, 0.2) is 6.61 Å². The minimum absolute atomic E-state index is 0.0962. The predicted molar refractivity (Wildman–Crippen MR) is 87.2 cm³/mol. The highest BCUT2D eigenvalue weighted by Crippen LogP contribution is 2.23. The van der Waals surface area contributed by atoms with Gasteiger partial charge in [-0.2, -0.15) is 0 Å². The Morgan fingerprint density at radius 3 is 2.83 bits per heavy atom. The molecule has 0 fully saturated rings. The first-order chi connectivity index (χ1) is 11.1. The van der Waals surface area contributed by atoms with Crippen molar-refractivity contribution in [3.05, 3.63) is 59.9 Å². The molecule has 0 radical (unpaired) electrons. The van der Waals surface area contributed by atoms with Crippen LogP contribution in [0.1, 0.15) is 24.3 Å². The molecule has 5 nitrogen and oxygen atoms in total. The number of benzene rings is 2. The molecule has 3 rings (SSSR count). The van der Waals surface area contributed by atoms with Gasteiger partial charge in [0, 0.05) is 6.07 Å². The third kappa shape index (κ3) is 3.51. The molecule has 1 atom stereocenters. The molecule has 1 amide bonds. The summed E-state index contributed by atoms with van der Waals surface area (Å²) in [7, 11) is 0. The first-order valence-corrected chi connectivity index (χ1v) is 7.46. The highest BCUT2D eigenvalue weighted by Gasteiger charge is 2.13. The van der Waals surface area contributed by atoms with Gasteiger partial charge < -0.3 is 14.6 Å². The lowest BCUT2D eigenvalue weighted by Crippen LogP contribution is -2.31. The van der Waals surface area contributed by atoms with Crippen LogP contribution in [0.25, 0.3) is 10.8 Å². The third-order valence-corrected chi connectivity index (χ3v) is 3.62. The smallest absolute Gasteiger partial charge is 0.258 e. The number of carbonyl (C=O) groups is 1. The second kappa shape index (κ2) is 6.52. The molecule has 5 heteroatoms. The minimum Gasteiger partial charge on any atom is -0.465 e. The standard InChI is InChI=1S/C18H18N2O3/c1-12-10-18(20-23-12)22-11-17(21)19-13(2)15-9-5-7-14-6-3-4-8-16(14)15/h3-10,13H,11H2,1-2H3,(H,19,21)/t13-/m0/s1. The Morgan fingerprint density at radius 2 is 2.04 bits per heavy atom. The lowest BCUT2D eigenvalue weighted by atomic mass is 10.00. The van der Waals surface area contributed by atoms with Crippen LogP contribution in [-0.2, 0) is 4.79 Å². The van der Waals surface area contributed by atoms with Crippen molar-refractivity contribution in [2.45, 2.75) is 19.9 Å². The fourth-order valence-electron chi connectivity index (χ4n) is 2.54. The van der Waals surface area contributed by atoms with E-state index in [-0.39, 0.29) is 18.6 Å². The molecule has 0 aliphatic carbocycles. The van der Waals surface area contributed by atoms with Crippen LogP contribution in [0.15, 0.2) is 53.1 Å². The number of fused-ring (bicyclic) bond motifs is 1. The molecule has 1 N–H and O–H groups in total. The van der Waals surface area contributed by atoms with Crippen LogP contribution in [-0.4, -0.2) is 17.7 Å². The van der Waals surface area contributed by atoms with E-state index in [2.05, 4.69) is 28.7 Å². The number of ether oxygens (including phenoxy) is 1. The van der Waals surface area contributed by atoms with Crippen LogP contribution in [0.5, 0.6) is 5.88 Å². The van der Waals surface area contributed by atoms with E-state index in [1.807, 2.05) is 31.2 Å². The van der Waals surface area contributed by atoms with Gasteiger partial charge in [-0.15, -0.1) is 0 Å². The van der Waals surface area contributed by atoms with Crippen LogP contribution in [0.3, 0.4) is 0 Å². The molecular formula is C18H18N2O3. The fourth-order valence-corrected chi connectivity index (χ4v) is 2.54. The van der Waals surface area contributed by atoms with Crippen molar-refractivity contribution in [1.82, 2.24) is 10.5 Å². The van der Waals surface area contributed by atoms with Gasteiger partial charge >= 0.3 is 0 Å². The molecule has 0 unspecified atom stereocenters. The van der Waals surface area contributed by atoms with Gasteiger partial charge in [0.25, 0.3) is 11.8 Å². The average Bonchev–Trinajstić information content (AvgIpc) is 2.98. The highest BCUT2D eigenvalue weighted by molar-refractivity contribution is 5.87. The van der Waals surface area contributed by atoms with E-state index in [1.54, 1.807) is 13.0 Å². The molecule has 1 aromatic heterocycles. The fraction of sp³-hybridized carbons (Fsp3) is 0.222. The maximum absolute atomic E-state index is 12.0. The van der Waals surface area contributed by atoms with Crippen LogP contribution < -0.4 is 10.1 Å². The largest absolute Gasteiger partial charge is 0.465 e. The zero-order chi connectivity index (χ0) is 16.2. The lowest BCUT2D eigenvalue weighted by Gasteiger charge is -2.16. The van der Waals surface area contributed by atoms with Crippen molar-refractivity contribution in [1.29, 1.82) is 0 Å². The second-order valence-corrected chi connectivity index (χ2v) is 5.42. The van der Waals surface area contributed by atoms with Crippen molar-refractivity contribution in [2.75, 3.05) is 6.61 Å². The van der Waals surface area contributed by atoms with Gasteiger partial charge in [0.2, 0.25) is 0 Å². The van der Waals surface area contributed by atoms with Gasteiger partial charge in [0.05, 0.1) is 6.04 Å². The van der Waals surface area contributed by atoms with Crippen LogP contribution >= 0.6 is 0 Å². The molecule has 3 aromatic rings. The number of aryl methyl sites for hydroxylation is 1. The number of nitrogens with one attached hydrogen (secondary N) is 1. The Balaban J connectivity index is 1.65. The summed E-state index contributed by atoms with van der Waals surface area (Å²) in [4.78, 5) is 12.0. The summed E-state index contributed by atoms with van der Waals surface area (Å²) in [5.74, 6) is 0.756. The third-order valence-electron chi connectivity index (χ3n) is 3.62. The molecular weight excluding hydrogens is 292 g/mol. The van der Waals surface area contributed by atoms with Crippen LogP contribution in [0, 0.1) is 6.92 Å². The Morgan fingerprint density at radius 1 is 1.26 bits per heavy atom. The normalized spacial score (nSPS) is 12.1. The maximum atomic E-state index is 12.0. The van der Waals surface area contributed by atoms with Gasteiger partial charge in [-0.1, -0.05) is 42.5 Å². The van der Waals surface area contributed by atoms with E-state index in [4.69, 9.17) is 9.26 Å². The van der Waals surface area contributed by atoms with E-state index in [0.29, 0.717) is 11.6 Å². The quantitative estimate of drug-likeness (QED) is 0.784. The van der Waals surface area contributed by atoms with E-state index in [0.717, 1.165) is 16.3 Å². The zero-order valence-corrected chi connectivity index (χ0v) is 13.1. The van der Waals surface area contributed by atoms with Crippen LogP contribution in [0.2, 0.25) is 0 Å². The van der Waals surface area contributed by atoms with E-state index in [9.17, 15) is 4.79 Å². The van der Waals surface area contributed by atoms with Crippen molar-refractivity contribution in [3.8, 4) is 5.88 Å². The summed E-state index contributed by atoms with van der Waals surface area (Å²) < 4.78 is 10.2. The lowest BCUT2D eigenvalue weighted by molar-refractivity contribution is -0.123. The molecule has 0 aliphatic rings. The van der Waals surface area contributed by atoms with E-state index < -0.39 is 0 Å². The Bertz CT molecular complexity index is 821. The molecule has 0 bridgehead atoms. The number of hydrogen-bond acceptors (Lipinski definition) is 4. The molecule has 0 aliphatic heterocycles. The molecule has 0 spiro atoms. The number of rotatable bonds is 5. The van der Waals surface area contributed by atoms with Gasteiger partial charge in [0.1, 0.15) is 5.76 Å². The number of hydrogen-bond donors (Lipinski definition) is 1. The molecule has 0 saturated heterocycles. The van der Waals surface area contributed by atoms with Gasteiger partial charge in [-0.05, 0) is 35.3 Å². The monoisotopic (exact) mass is 310 g/mol. The Kier molecular flexibility index (Phi) is 4.28. The first kappa shape index (κ1) is 15.1. The van der Waals surface area contributed by atoms with Gasteiger partial charge in [-0.25, -0.2) is 0 Å². The summed E-state index contributed by atoms with van der Waals surface area (Å²) in [5, 5.41) is 8.92. The van der Waals surface area contributed by atoms with Crippen LogP contribution in [0.4, 0.5) is 0 Å². The van der Waals surface area contributed by atoms with Crippen molar-refractivity contribution < 1.29 is 14.1 Å². The SMILES string of the molecule is Cc1cc(OCC(=O)N[C@@H](C)c2cccc3ccccc23)no1. The molecule has 0 saturated carbocycles. The number of amides is 1. The summed E-state index contributed by atoms with van der Waals surface area (Å²) in [6, 6.07) is 15.7. The Hall–Kier alpha value is -2.82. The zero-order valence-electron chi connectivity index (χ0n) is 13.1. The number of aromatic nitrogens is 1. The van der Waals surface area contributed by atoms with E-state index in [1.165, 1.54) is 0 Å². The van der Waals surface area contributed by atoms with Crippen molar-refractivity contribution in [3.63, 3.8) is 0 Å². The first-order valence-electron chi connectivity index (χ1n) is 7.46. The molecule has 1 heterocycles. The van der Waals surface area contributed by atoms with Crippen molar-refractivity contribution in [2.24, 2.45) is 0 Å². The summed E-state index contributed by atoms with van der Waals surface area (Å²) >= 11 is 0. The maximum Gasteiger partial charge on any atom is 0.258 e. The Labute approximate surface area is 134 Å². The minimum atomic E-state index is -0.203. The predicted octanol–water partition coefficient (Wildman–Crippen LogP) is 3.39. The van der Waals surface area contributed by atoms with E-state index >= 15 is 0 Å². The molecule has 2 aromatic carbocycles. The van der Waals surface area contributed by atoms with Crippen molar-refractivity contribution >= 4 is 16.7 Å².